The molecule has 0 saturated carbocycles. The number of carbonyl (C=O) groups excluding carboxylic acids is 1. The molecule has 2 rings (SSSR count). The minimum Gasteiger partial charge on any atom is -0.337 e. The molecule has 6 nitrogen and oxygen atoms in total. The third-order valence-corrected chi connectivity index (χ3v) is 2.88. The van der Waals surface area contributed by atoms with Crippen molar-refractivity contribution in [1.29, 1.82) is 0 Å². The second-order valence-electron chi connectivity index (χ2n) is 4.16. The maximum absolute atomic E-state index is 11.8. The van der Waals surface area contributed by atoms with Crippen molar-refractivity contribution < 1.29 is 4.79 Å². The van der Waals surface area contributed by atoms with Crippen LogP contribution in [0.2, 0.25) is 0 Å². The van der Waals surface area contributed by atoms with Crippen LogP contribution in [0.4, 0.5) is 5.82 Å². The molecule has 2 heterocycles. The van der Waals surface area contributed by atoms with Gasteiger partial charge < -0.3 is 10.3 Å². The molecule has 6 heteroatoms. The zero-order valence-corrected chi connectivity index (χ0v) is 9.72. The second-order valence-corrected chi connectivity index (χ2v) is 4.16. The molecule has 17 heavy (non-hydrogen) atoms. The maximum Gasteiger partial charge on any atom is 0.222 e. The van der Waals surface area contributed by atoms with Gasteiger partial charge in [0.25, 0.3) is 0 Å². The van der Waals surface area contributed by atoms with Crippen molar-refractivity contribution in [3.63, 3.8) is 0 Å². The fourth-order valence-electron chi connectivity index (χ4n) is 1.91. The van der Waals surface area contributed by atoms with E-state index in [4.69, 9.17) is 5.84 Å². The third-order valence-electron chi connectivity index (χ3n) is 2.88. The fourth-order valence-corrected chi connectivity index (χ4v) is 1.91. The number of nitrogens with zero attached hydrogens (tertiary/aromatic N) is 3. The minimum atomic E-state index is 0.213. The summed E-state index contributed by atoms with van der Waals surface area (Å²) in [5.41, 5.74) is 3.21. The van der Waals surface area contributed by atoms with Gasteiger partial charge in [0, 0.05) is 13.0 Å². The van der Waals surface area contributed by atoms with E-state index in [2.05, 4.69) is 15.4 Å². The van der Waals surface area contributed by atoms with Crippen LogP contribution in [-0.2, 0) is 11.3 Å². The van der Waals surface area contributed by atoms with E-state index in [-0.39, 0.29) is 5.91 Å². The zero-order chi connectivity index (χ0) is 12.1. The largest absolute Gasteiger partial charge is 0.337 e. The van der Waals surface area contributed by atoms with E-state index in [1.807, 2.05) is 4.90 Å². The highest BCUT2D eigenvalue weighted by atomic mass is 16.2. The first-order chi connectivity index (χ1) is 8.29. The number of carbonyl (C=O) groups is 1. The number of hydrogen-bond acceptors (Lipinski definition) is 5. The van der Waals surface area contributed by atoms with Gasteiger partial charge in [0.1, 0.15) is 0 Å². The van der Waals surface area contributed by atoms with Crippen molar-refractivity contribution in [3.8, 4) is 0 Å². The number of nitrogens with two attached hydrogens (primary N) is 1. The molecule has 0 aromatic carbocycles. The second kappa shape index (κ2) is 5.58. The molecular formula is C11H17N5O. The first-order valence-corrected chi connectivity index (χ1v) is 5.85. The van der Waals surface area contributed by atoms with Gasteiger partial charge in [-0.15, -0.1) is 0 Å². The first kappa shape index (κ1) is 11.8. The molecule has 0 atom stereocenters. The number of rotatable bonds is 3. The van der Waals surface area contributed by atoms with E-state index in [9.17, 15) is 4.79 Å². The molecule has 0 aliphatic carbocycles. The van der Waals surface area contributed by atoms with Crippen LogP contribution in [0.1, 0.15) is 31.4 Å². The number of nitrogen functional groups attached to an aromatic ring is 1. The van der Waals surface area contributed by atoms with Crippen LogP contribution in [0.25, 0.3) is 0 Å². The number of anilines is 1. The SMILES string of the molecule is NNc1cnc(CN2CCCCCC2=O)cn1. The zero-order valence-electron chi connectivity index (χ0n) is 9.72. The monoisotopic (exact) mass is 235 g/mol. The molecule has 92 valence electrons. The van der Waals surface area contributed by atoms with Crippen LogP contribution >= 0.6 is 0 Å². The van der Waals surface area contributed by atoms with Crippen LogP contribution in [0.15, 0.2) is 12.4 Å². The normalized spacial score (nSPS) is 16.8. The van der Waals surface area contributed by atoms with Crippen LogP contribution in [0, 0.1) is 0 Å². The topological polar surface area (TPSA) is 84.1 Å². The highest BCUT2D eigenvalue weighted by Gasteiger charge is 2.17. The summed E-state index contributed by atoms with van der Waals surface area (Å²) in [5.74, 6) is 5.95. The highest BCUT2D eigenvalue weighted by Crippen LogP contribution is 2.13. The lowest BCUT2D eigenvalue weighted by Crippen LogP contribution is -2.30. The van der Waals surface area contributed by atoms with Crippen LogP contribution < -0.4 is 11.3 Å². The Kier molecular flexibility index (Phi) is 3.87. The molecule has 1 amide bonds. The Bertz CT molecular complexity index is 378. The summed E-state index contributed by atoms with van der Waals surface area (Å²) < 4.78 is 0. The van der Waals surface area contributed by atoms with Gasteiger partial charge in [0.15, 0.2) is 5.82 Å². The van der Waals surface area contributed by atoms with E-state index >= 15 is 0 Å². The van der Waals surface area contributed by atoms with Gasteiger partial charge in [-0.25, -0.2) is 10.8 Å². The highest BCUT2D eigenvalue weighted by molar-refractivity contribution is 5.76. The summed E-state index contributed by atoms with van der Waals surface area (Å²) in [4.78, 5) is 21.9. The van der Waals surface area contributed by atoms with E-state index in [1.54, 1.807) is 12.4 Å². The molecule has 1 saturated heterocycles. The predicted molar refractivity (Wildman–Crippen MR) is 63.7 cm³/mol. The smallest absolute Gasteiger partial charge is 0.222 e. The van der Waals surface area contributed by atoms with Crippen molar-refractivity contribution in [2.24, 2.45) is 5.84 Å². The molecule has 1 aromatic rings. The molecule has 1 aliphatic rings. The Morgan fingerprint density at radius 2 is 2.18 bits per heavy atom. The average molecular weight is 235 g/mol. The molecule has 3 N–H and O–H groups in total. The Labute approximate surface area is 100 Å². The predicted octanol–water partition coefficient (Wildman–Crippen LogP) is 0.665. The van der Waals surface area contributed by atoms with Gasteiger partial charge in [-0.1, -0.05) is 6.42 Å². The van der Waals surface area contributed by atoms with E-state index in [0.29, 0.717) is 18.8 Å². The van der Waals surface area contributed by atoms with Crippen molar-refractivity contribution in [3.05, 3.63) is 18.1 Å². The lowest BCUT2D eigenvalue weighted by atomic mass is 10.2. The summed E-state index contributed by atoms with van der Waals surface area (Å²) in [6, 6.07) is 0. The van der Waals surface area contributed by atoms with Gasteiger partial charge in [-0.05, 0) is 12.8 Å². The van der Waals surface area contributed by atoms with E-state index < -0.39 is 0 Å². The molecule has 1 fully saturated rings. The van der Waals surface area contributed by atoms with Gasteiger partial charge in [-0.2, -0.15) is 0 Å². The summed E-state index contributed by atoms with van der Waals surface area (Å²) in [7, 11) is 0. The molecule has 1 aromatic heterocycles. The Morgan fingerprint density at radius 3 is 2.88 bits per heavy atom. The Balaban J connectivity index is 2.00. The Hall–Kier alpha value is -1.69. The molecule has 0 unspecified atom stereocenters. The third kappa shape index (κ3) is 3.13. The van der Waals surface area contributed by atoms with Crippen molar-refractivity contribution >= 4 is 11.7 Å². The molecule has 0 spiro atoms. The molecule has 1 aliphatic heterocycles. The van der Waals surface area contributed by atoms with Crippen LogP contribution in [-0.4, -0.2) is 27.3 Å². The van der Waals surface area contributed by atoms with Gasteiger partial charge >= 0.3 is 0 Å². The number of amides is 1. The average Bonchev–Trinajstić information content (AvgIpc) is 2.56. The van der Waals surface area contributed by atoms with E-state index in [1.165, 1.54) is 0 Å². The summed E-state index contributed by atoms with van der Waals surface area (Å²) in [6.07, 6.45) is 7.06. The van der Waals surface area contributed by atoms with Crippen LogP contribution in [0.5, 0.6) is 0 Å². The van der Waals surface area contributed by atoms with E-state index in [0.717, 1.165) is 31.5 Å². The number of hydrogen-bond donors (Lipinski definition) is 2. The van der Waals surface area contributed by atoms with Crippen molar-refractivity contribution in [2.75, 3.05) is 12.0 Å². The van der Waals surface area contributed by atoms with Crippen molar-refractivity contribution in [2.45, 2.75) is 32.2 Å². The lowest BCUT2D eigenvalue weighted by molar-refractivity contribution is -0.131. The van der Waals surface area contributed by atoms with Gasteiger partial charge in [-0.3, -0.25) is 9.78 Å². The summed E-state index contributed by atoms with van der Waals surface area (Å²) in [6.45, 7) is 1.36. The number of likely N-dealkylation sites (tertiary alicyclic amines) is 1. The number of hydrazine groups is 1. The lowest BCUT2D eigenvalue weighted by Gasteiger charge is -2.19. The minimum absolute atomic E-state index is 0.213. The van der Waals surface area contributed by atoms with Crippen LogP contribution in [0.3, 0.4) is 0 Å². The molecule has 0 radical (unpaired) electrons. The standard InChI is InChI=1S/C11H17N5O/c12-15-10-7-13-9(6-14-10)8-16-5-3-1-2-4-11(16)17/h6-7H,1-5,8,12H2,(H,14,15). The molecule has 0 bridgehead atoms. The Morgan fingerprint density at radius 1 is 1.29 bits per heavy atom. The number of nitrogens with one attached hydrogen (secondary N) is 1. The molecular weight excluding hydrogens is 218 g/mol. The summed E-state index contributed by atoms with van der Waals surface area (Å²) in [5, 5.41) is 0. The quantitative estimate of drug-likeness (QED) is 0.594. The maximum atomic E-state index is 11.8. The van der Waals surface area contributed by atoms with Gasteiger partial charge in [0.05, 0.1) is 24.6 Å². The number of aromatic nitrogens is 2. The first-order valence-electron chi connectivity index (χ1n) is 5.85. The summed E-state index contributed by atoms with van der Waals surface area (Å²) >= 11 is 0. The fraction of sp³-hybridized carbons (Fsp3) is 0.545. The van der Waals surface area contributed by atoms with Crippen molar-refractivity contribution in [1.82, 2.24) is 14.9 Å². The van der Waals surface area contributed by atoms with Gasteiger partial charge in [0.2, 0.25) is 5.91 Å².